The largest absolute Gasteiger partial charge is 0.444 e. The molecule has 4 aromatic rings. The van der Waals surface area contributed by atoms with E-state index in [1.54, 1.807) is 29.3 Å². The maximum atomic E-state index is 13.6. The number of carbonyl (C=O) groups is 1. The molecule has 4 heterocycles. The van der Waals surface area contributed by atoms with Gasteiger partial charge in [0.25, 0.3) is 0 Å². The summed E-state index contributed by atoms with van der Waals surface area (Å²) in [6.45, 7) is 1.58. The molecule has 2 bridgehead atoms. The molecule has 2 aliphatic heterocycles. The molecule has 2 amide bonds. The summed E-state index contributed by atoms with van der Waals surface area (Å²) in [6, 6.07) is 17.6. The van der Waals surface area contributed by atoms with Crippen molar-refractivity contribution in [3.8, 4) is 22.6 Å². The zero-order chi connectivity index (χ0) is 24.9. The summed E-state index contributed by atoms with van der Waals surface area (Å²) in [6.07, 6.45) is 5.01. The summed E-state index contributed by atoms with van der Waals surface area (Å²) >= 11 is 0. The number of nitrogens with one attached hydrogen (secondary N) is 1. The third-order valence-corrected chi connectivity index (χ3v) is 7.67. The number of aromatic nitrogens is 2. The quantitative estimate of drug-likeness (QED) is 0.440. The second kappa shape index (κ2) is 8.49. The Bertz CT molecular complexity index is 1570. The predicted molar refractivity (Wildman–Crippen MR) is 137 cm³/mol. The number of carbonyl (C=O) groups excluding carboxylic acids is 1. The molecule has 10 heteroatoms. The zero-order valence-corrected chi connectivity index (χ0v) is 20.3. The molecule has 2 aliphatic rings. The summed E-state index contributed by atoms with van der Waals surface area (Å²) in [5, 5.41) is 3.01. The number of urea groups is 1. The summed E-state index contributed by atoms with van der Waals surface area (Å²) in [4.78, 5) is 26.6. The molecule has 0 spiro atoms. The third-order valence-electron chi connectivity index (χ3n) is 6.56. The molecule has 2 aromatic heterocycles. The van der Waals surface area contributed by atoms with E-state index in [-0.39, 0.29) is 17.0 Å². The monoisotopic (exact) mass is 501 g/mol. The number of fused-ring (bicyclic) bond motifs is 4. The van der Waals surface area contributed by atoms with Gasteiger partial charge in [0.2, 0.25) is 0 Å². The minimum atomic E-state index is -3.36. The van der Waals surface area contributed by atoms with Gasteiger partial charge in [-0.1, -0.05) is 24.3 Å². The van der Waals surface area contributed by atoms with Crippen LogP contribution in [0.25, 0.3) is 22.6 Å². The van der Waals surface area contributed by atoms with E-state index in [4.69, 9.17) is 9.40 Å². The van der Waals surface area contributed by atoms with Crippen LogP contribution in [0.3, 0.4) is 0 Å². The van der Waals surface area contributed by atoms with E-state index in [2.05, 4.69) is 15.2 Å². The maximum absolute atomic E-state index is 13.6. The van der Waals surface area contributed by atoms with Crippen molar-refractivity contribution in [1.82, 2.24) is 9.97 Å². The molecule has 36 heavy (non-hydrogen) atoms. The fourth-order valence-electron chi connectivity index (χ4n) is 4.81. The van der Waals surface area contributed by atoms with Gasteiger partial charge < -0.3 is 14.6 Å². The number of sulfone groups is 1. The average Bonchev–Trinajstić information content (AvgIpc) is 3.55. The minimum Gasteiger partial charge on any atom is -0.444 e. The van der Waals surface area contributed by atoms with Gasteiger partial charge in [-0.2, -0.15) is 0 Å². The molecule has 1 saturated heterocycles. The van der Waals surface area contributed by atoms with Gasteiger partial charge >= 0.3 is 6.03 Å². The van der Waals surface area contributed by atoms with Crippen LogP contribution in [0, 0.1) is 0 Å². The highest BCUT2D eigenvalue weighted by Crippen LogP contribution is 2.40. The Morgan fingerprint density at radius 2 is 1.92 bits per heavy atom. The van der Waals surface area contributed by atoms with Crippen LogP contribution in [0.2, 0.25) is 0 Å². The van der Waals surface area contributed by atoms with Crippen molar-refractivity contribution in [2.75, 3.05) is 34.5 Å². The first-order valence-corrected chi connectivity index (χ1v) is 13.4. The topological polar surface area (TPSA) is 109 Å². The Morgan fingerprint density at radius 3 is 2.72 bits per heavy atom. The lowest BCUT2D eigenvalue weighted by molar-refractivity contribution is 0.255. The highest BCUT2D eigenvalue weighted by molar-refractivity contribution is 7.90. The molecular weight excluding hydrogens is 478 g/mol. The summed E-state index contributed by atoms with van der Waals surface area (Å²) < 4.78 is 29.5. The first-order valence-electron chi connectivity index (χ1n) is 11.5. The van der Waals surface area contributed by atoms with Gasteiger partial charge in [0.05, 0.1) is 28.5 Å². The molecule has 0 unspecified atom stereocenters. The van der Waals surface area contributed by atoms with E-state index in [1.807, 2.05) is 42.5 Å². The number of amides is 2. The Balaban J connectivity index is 1.35. The van der Waals surface area contributed by atoms with Gasteiger partial charge in [0, 0.05) is 36.2 Å². The number of rotatable bonds is 4. The van der Waals surface area contributed by atoms with Crippen LogP contribution in [-0.2, 0) is 9.84 Å². The molecule has 0 saturated carbocycles. The van der Waals surface area contributed by atoms with Crippen LogP contribution in [0.15, 0.2) is 82.6 Å². The van der Waals surface area contributed by atoms with Crippen LogP contribution in [0.5, 0.6) is 0 Å². The van der Waals surface area contributed by atoms with Crippen molar-refractivity contribution in [2.45, 2.75) is 17.4 Å². The normalized spacial score (nSPS) is 16.6. The van der Waals surface area contributed by atoms with Gasteiger partial charge in [-0.3, -0.25) is 4.90 Å². The summed E-state index contributed by atoms with van der Waals surface area (Å²) in [5.74, 6) is 1.18. The van der Waals surface area contributed by atoms with E-state index < -0.39 is 9.84 Å². The Morgan fingerprint density at radius 1 is 1.08 bits per heavy atom. The highest BCUT2D eigenvalue weighted by atomic mass is 32.2. The van der Waals surface area contributed by atoms with E-state index in [9.17, 15) is 13.2 Å². The predicted octanol–water partition coefficient (Wildman–Crippen LogP) is 4.44. The molecule has 1 fully saturated rings. The van der Waals surface area contributed by atoms with Crippen molar-refractivity contribution in [3.05, 3.63) is 73.3 Å². The van der Waals surface area contributed by atoms with Crippen LogP contribution in [-0.4, -0.2) is 49.8 Å². The zero-order valence-electron chi connectivity index (χ0n) is 19.5. The van der Waals surface area contributed by atoms with Crippen LogP contribution >= 0.6 is 0 Å². The number of anilines is 3. The number of hydrogen-bond donors (Lipinski definition) is 1. The SMILES string of the molecule is CS(=O)(=O)c1cccc(-c2ccc3c(n2)N(C(=O)Nc2cccc(-c4cnco4)c2)[C@H]2CCN3C2)c1. The van der Waals surface area contributed by atoms with Crippen molar-refractivity contribution < 1.29 is 17.6 Å². The number of oxazole rings is 1. The molecule has 1 atom stereocenters. The molecule has 0 aliphatic carbocycles. The second-order valence-electron chi connectivity index (χ2n) is 8.97. The first kappa shape index (κ1) is 22.3. The minimum absolute atomic E-state index is 0.0138. The van der Waals surface area contributed by atoms with E-state index in [0.717, 1.165) is 30.8 Å². The fourth-order valence-corrected chi connectivity index (χ4v) is 5.48. The lowest BCUT2D eigenvalue weighted by Gasteiger charge is -2.36. The fraction of sp³-hybridized carbons (Fsp3) is 0.192. The summed E-state index contributed by atoms with van der Waals surface area (Å²) in [5.41, 5.74) is 3.60. The molecule has 2 aromatic carbocycles. The second-order valence-corrected chi connectivity index (χ2v) is 11.0. The molecule has 0 radical (unpaired) electrons. The average molecular weight is 502 g/mol. The number of pyridine rings is 1. The van der Waals surface area contributed by atoms with E-state index >= 15 is 0 Å². The van der Waals surface area contributed by atoms with Crippen LogP contribution < -0.4 is 15.1 Å². The highest BCUT2D eigenvalue weighted by Gasteiger charge is 2.40. The first-order chi connectivity index (χ1) is 17.4. The van der Waals surface area contributed by atoms with Crippen molar-refractivity contribution in [2.24, 2.45) is 0 Å². The molecule has 182 valence electrons. The van der Waals surface area contributed by atoms with Crippen molar-refractivity contribution in [3.63, 3.8) is 0 Å². The standard InChI is InChI=1S/C26H23N5O4S/c1-36(33,34)21-7-3-4-17(13-21)22-8-9-23-25(29-22)31(20-10-11-30(23)15-20)26(32)28-19-6-2-5-18(12-19)24-14-27-16-35-24/h2-9,12-14,16,20H,10-11,15H2,1H3,(H,28,32)/t20-/m0/s1. The third kappa shape index (κ3) is 3.99. The van der Waals surface area contributed by atoms with Crippen molar-refractivity contribution >= 4 is 33.1 Å². The van der Waals surface area contributed by atoms with Gasteiger partial charge in [-0.25, -0.2) is 23.2 Å². The molecule has 6 rings (SSSR count). The lowest BCUT2D eigenvalue weighted by Crippen LogP contribution is -2.48. The summed E-state index contributed by atoms with van der Waals surface area (Å²) in [7, 11) is -3.36. The van der Waals surface area contributed by atoms with Crippen molar-refractivity contribution in [1.29, 1.82) is 0 Å². The molecule has 9 nitrogen and oxygen atoms in total. The molecular formula is C26H23N5O4S. The maximum Gasteiger partial charge on any atom is 0.327 e. The van der Waals surface area contributed by atoms with Gasteiger partial charge in [0.15, 0.2) is 27.8 Å². The number of nitrogens with zero attached hydrogens (tertiary/aromatic N) is 4. The van der Waals surface area contributed by atoms with Gasteiger partial charge in [-0.05, 0) is 42.8 Å². The lowest BCUT2D eigenvalue weighted by atomic mass is 10.1. The number of benzene rings is 2. The van der Waals surface area contributed by atoms with E-state index in [1.165, 1.54) is 12.6 Å². The van der Waals surface area contributed by atoms with Crippen LogP contribution in [0.1, 0.15) is 6.42 Å². The van der Waals surface area contributed by atoms with Gasteiger partial charge in [0.1, 0.15) is 0 Å². The Hall–Kier alpha value is -4.18. The Labute approximate surface area is 208 Å². The van der Waals surface area contributed by atoms with E-state index in [0.29, 0.717) is 28.5 Å². The smallest absolute Gasteiger partial charge is 0.327 e. The van der Waals surface area contributed by atoms with Crippen LogP contribution in [0.4, 0.5) is 22.0 Å². The number of hydrogen-bond acceptors (Lipinski definition) is 7. The Kier molecular flexibility index (Phi) is 5.26. The molecule has 1 N–H and O–H groups in total. The van der Waals surface area contributed by atoms with Gasteiger partial charge in [-0.15, -0.1) is 0 Å².